The summed E-state index contributed by atoms with van der Waals surface area (Å²) in [6, 6.07) is 5.79. The highest BCUT2D eigenvalue weighted by atomic mass is 16.1. The van der Waals surface area contributed by atoms with Crippen LogP contribution in [0.1, 0.15) is 55.5 Å². The molecule has 0 spiro atoms. The molecule has 1 aromatic carbocycles. The molecule has 0 heterocycles. The molecule has 0 bridgehead atoms. The second kappa shape index (κ2) is 5.83. The molecule has 0 aliphatic heterocycles. The van der Waals surface area contributed by atoms with Crippen molar-refractivity contribution in [3.8, 4) is 0 Å². The van der Waals surface area contributed by atoms with E-state index >= 15 is 0 Å². The van der Waals surface area contributed by atoms with Gasteiger partial charge in [-0.1, -0.05) is 26.7 Å². The largest absolute Gasteiger partial charge is 0.349 e. The number of amides is 1. The van der Waals surface area contributed by atoms with Crippen molar-refractivity contribution in [3.05, 3.63) is 29.3 Å². The number of carbonyl (C=O) groups excluding carboxylic acids is 1. The van der Waals surface area contributed by atoms with Crippen LogP contribution >= 0.6 is 0 Å². The zero-order chi connectivity index (χ0) is 14.8. The molecule has 1 fully saturated rings. The molecule has 110 valence electrons. The molecule has 2 rings (SSSR count). The normalized spacial score (nSPS) is 21.3. The monoisotopic (exact) mass is 275 g/mol. The van der Waals surface area contributed by atoms with Gasteiger partial charge in [0.15, 0.2) is 0 Å². The number of hydrazine groups is 1. The zero-order valence-corrected chi connectivity index (χ0v) is 12.6. The average Bonchev–Trinajstić information content (AvgIpc) is 2.41. The van der Waals surface area contributed by atoms with Crippen LogP contribution in [0.4, 0.5) is 5.69 Å². The molecule has 1 atom stereocenters. The van der Waals surface area contributed by atoms with Gasteiger partial charge in [0.1, 0.15) is 0 Å². The van der Waals surface area contributed by atoms with Gasteiger partial charge >= 0.3 is 0 Å². The molecular formula is C16H25N3O. The fraction of sp³-hybridized carbons (Fsp3) is 0.562. The minimum absolute atomic E-state index is 0.0108. The number of aryl methyl sites for hydroxylation is 1. The summed E-state index contributed by atoms with van der Waals surface area (Å²) in [5.74, 6) is 5.42. The van der Waals surface area contributed by atoms with Gasteiger partial charge in [0.25, 0.3) is 5.91 Å². The van der Waals surface area contributed by atoms with Gasteiger partial charge in [-0.25, -0.2) is 0 Å². The Kier molecular flexibility index (Phi) is 4.33. The number of nitrogens with one attached hydrogen (secondary N) is 2. The number of anilines is 1. The number of hydrogen-bond acceptors (Lipinski definition) is 3. The topological polar surface area (TPSA) is 67.2 Å². The fourth-order valence-corrected chi connectivity index (χ4v) is 2.97. The van der Waals surface area contributed by atoms with Gasteiger partial charge in [-0.2, -0.15) is 0 Å². The first kappa shape index (κ1) is 14.9. The van der Waals surface area contributed by atoms with Crippen molar-refractivity contribution in [3.63, 3.8) is 0 Å². The van der Waals surface area contributed by atoms with Gasteiger partial charge in [-0.3, -0.25) is 10.6 Å². The van der Waals surface area contributed by atoms with Crippen LogP contribution in [0.15, 0.2) is 18.2 Å². The van der Waals surface area contributed by atoms with Crippen molar-refractivity contribution < 1.29 is 4.79 Å². The van der Waals surface area contributed by atoms with E-state index in [4.69, 9.17) is 5.84 Å². The van der Waals surface area contributed by atoms with Crippen molar-refractivity contribution in [2.24, 2.45) is 11.3 Å². The first-order valence-electron chi connectivity index (χ1n) is 7.32. The van der Waals surface area contributed by atoms with Crippen LogP contribution in [0.2, 0.25) is 0 Å². The lowest BCUT2D eigenvalue weighted by molar-refractivity contribution is 0.0853. The molecule has 1 amide bonds. The summed E-state index contributed by atoms with van der Waals surface area (Å²) < 4.78 is 0. The Balaban J connectivity index is 2.10. The average molecular weight is 275 g/mol. The maximum absolute atomic E-state index is 12.4. The van der Waals surface area contributed by atoms with Crippen LogP contribution in [0.5, 0.6) is 0 Å². The van der Waals surface area contributed by atoms with Crippen molar-refractivity contribution in [2.45, 2.75) is 52.5 Å². The van der Waals surface area contributed by atoms with Crippen LogP contribution in [0, 0.1) is 12.3 Å². The minimum Gasteiger partial charge on any atom is -0.349 e. The maximum atomic E-state index is 12.4. The van der Waals surface area contributed by atoms with E-state index in [0.29, 0.717) is 5.56 Å². The van der Waals surface area contributed by atoms with E-state index in [9.17, 15) is 4.79 Å². The van der Waals surface area contributed by atoms with Gasteiger partial charge in [0.05, 0.1) is 5.69 Å². The minimum atomic E-state index is 0.0108. The molecule has 20 heavy (non-hydrogen) atoms. The third kappa shape index (κ3) is 3.12. The maximum Gasteiger partial charge on any atom is 0.251 e. The number of benzene rings is 1. The van der Waals surface area contributed by atoms with Crippen molar-refractivity contribution in [1.29, 1.82) is 0 Å². The zero-order valence-electron chi connectivity index (χ0n) is 12.6. The van der Waals surface area contributed by atoms with Gasteiger partial charge in [-0.15, -0.1) is 0 Å². The summed E-state index contributed by atoms with van der Waals surface area (Å²) >= 11 is 0. The number of carbonyl (C=O) groups is 1. The van der Waals surface area contributed by atoms with Crippen LogP contribution in [0.25, 0.3) is 0 Å². The van der Waals surface area contributed by atoms with E-state index in [1.165, 1.54) is 19.3 Å². The highest BCUT2D eigenvalue weighted by molar-refractivity contribution is 5.95. The summed E-state index contributed by atoms with van der Waals surface area (Å²) in [4.78, 5) is 12.4. The lowest BCUT2D eigenvalue weighted by atomic mass is 9.73. The van der Waals surface area contributed by atoms with Crippen molar-refractivity contribution in [1.82, 2.24) is 5.32 Å². The quantitative estimate of drug-likeness (QED) is 0.587. The number of hydrogen-bond donors (Lipinski definition) is 3. The highest BCUT2D eigenvalue weighted by Gasteiger charge is 2.33. The Bertz CT molecular complexity index is 496. The third-order valence-corrected chi connectivity index (χ3v) is 4.46. The smallest absolute Gasteiger partial charge is 0.251 e. The Morgan fingerprint density at radius 1 is 1.35 bits per heavy atom. The summed E-state index contributed by atoms with van der Waals surface area (Å²) in [6.07, 6.45) is 4.70. The first-order valence-corrected chi connectivity index (χ1v) is 7.32. The van der Waals surface area contributed by atoms with Gasteiger partial charge in [0, 0.05) is 11.6 Å². The molecule has 4 heteroatoms. The lowest BCUT2D eigenvalue weighted by Crippen LogP contribution is -2.46. The summed E-state index contributed by atoms with van der Waals surface area (Å²) in [5, 5.41) is 3.20. The predicted octanol–water partition coefficient (Wildman–Crippen LogP) is 2.98. The highest BCUT2D eigenvalue weighted by Crippen LogP contribution is 2.35. The number of rotatable bonds is 3. The summed E-state index contributed by atoms with van der Waals surface area (Å²) in [7, 11) is 0. The summed E-state index contributed by atoms with van der Waals surface area (Å²) in [5.41, 5.74) is 5.33. The SMILES string of the molecule is Cc1cc(C(=O)NC2CCCCC2(C)C)ccc1NN. The predicted molar refractivity (Wildman–Crippen MR) is 82.5 cm³/mol. The molecule has 0 aromatic heterocycles. The van der Waals surface area contributed by atoms with Crippen LogP contribution in [-0.2, 0) is 0 Å². The van der Waals surface area contributed by atoms with E-state index < -0.39 is 0 Å². The van der Waals surface area contributed by atoms with Gasteiger partial charge in [-0.05, 0) is 48.9 Å². The molecule has 0 radical (unpaired) electrons. The van der Waals surface area contributed by atoms with E-state index in [0.717, 1.165) is 17.7 Å². The number of nitrogens with two attached hydrogens (primary N) is 1. The van der Waals surface area contributed by atoms with E-state index in [1.807, 2.05) is 25.1 Å². The molecule has 1 saturated carbocycles. The van der Waals surface area contributed by atoms with E-state index in [1.54, 1.807) is 0 Å². The van der Waals surface area contributed by atoms with E-state index in [-0.39, 0.29) is 17.4 Å². The van der Waals surface area contributed by atoms with Crippen molar-refractivity contribution in [2.75, 3.05) is 5.43 Å². The van der Waals surface area contributed by atoms with Gasteiger partial charge < -0.3 is 10.7 Å². The lowest BCUT2D eigenvalue weighted by Gasteiger charge is -2.39. The molecule has 4 N–H and O–H groups in total. The Morgan fingerprint density at radius 2 is 2.10 bits per heavy atom. The van der Waals surface area contributed by atoms with Crippen molar-refractivity contribution >= 4 is 11.6 Å². The molecule has 1 unspecified atom stereocenters. The standard InChI is InChI=1S/C16H25N3O/c1-11-10-12(7-8-13(11)19-17)15(20)18-14-6-4-5-9-16(14,2)3/h7-8,10,14,19H,4-6,9,17H2,1-3H3,(H,18,20). The van der Waals surface area contributed by atoms with E-state index in [2.05, 4.69) is 24.6 Å². The second-order valence-corrected chi connectivity index (χ2v) is 6.43. The first-order chi connectivity index (χ1) is 9.44. The Labute approximate surface area is 121 Å². The molecule has 1 aromatic rings. The van der Waals surface area contributed by atoms with Crippen LogP contribution in [-0.4, -0.2) is 11.9 Å². The molecule has 0 saturated heterocycles. The Morgan fingerprint density at radius 3 is 2.70 bits per heavy atom. The molecule has 1 aliphatic rings. The van der Waals surface area contributed by atoms with Crippen LogP contribution < -0.4 is 16.6 Å². The molecular weight excluding hydrogens is 250 g/mol. The van der Waals surface area contributed by atoms with Crippen LogP contribution in [0.3, 0.4) is 0 Å². The van der Waals surface area contributed by atoms with Gasteiger partial charge in [0.2, 0.25) is 0 Å². The second-order valence-electron chi connectivity index (χ2n) is 6.43. The fourth-order valence-electron chi connectivity index (χ4n) is 2.97. The third-order valence-electron chi connectivity index (χ3n) is 4.46. The summed E-state index contributed by atoms with van der Waals surface area (Å²) in [6.45, 7) is 6.42. The molecule has 4 nitrogen and oxygen atoms in total. The number of nitrogen functional groups attached to an aromatic ring is 1. The molecule has 1 aliphatic carbocycles. The Hall–Kier alpha value is -1.55.